The highest BCUT2D eigenvalue weighted by atomic mass is 35.5. The zero-order valence-electron chi connectivity index (χ0n) is 15.2. The van der Waals surface area contributed by atoms with E-state index in [1.807, 2.05) is 13.8 Å². The molecule has 3 rings (SSSR count). The molecule has 0 aliphatic rings. The predicted octanol–water partition coefficient (Wildman–Crippen LogP) is 3.31. The number of hydrogen-bond acceptors (Lipinski definition) is 4. The molecule has 3 aromatic rings. The van der Waals surface area contributed by atoms with Crippen LogP contribution in [0, 0.1) is 0 Å². The number of halogens is 1. The molecule has 1 heterocycles. The second-order valence-corrected chi connectivity index (χ2v) is 7.93. The number of aryl methyl sites for hydroxylation is 2. The van der Waals surface area contributed by atoms with Crippen LogP contribution >= 0.6 is 11.6 Å². The summed E-state index contributed by atoms with van der Waals surface area (Å²) in [5.41, 5.74) is 1.33. The van der Waals surface area contributed by atoms with Gasteiger partial charge in [0.05, 0.1) is 23.2 Å². The maximum atomic E-state index is 12.9. The minimum Gasteiger partial charge on any atom is -0.497 e. The smallest absolute Gasteiger partial charge is 0.329 e. The molecular formula is C18H20ClN3O4S. The molecule has 7 nitrogen and oxygen atoms in total. The van der Waals surface area contributed by atoms with Crippen LogP contribution in [-0.4, -0.2) is 24.7 Å². The first kappa shape index (κ1) is 19.3. The number of fused-ring (bicyclic) bond motifs is 1. The van der Waals surface area contributed by atoms with Crippen molar-refractivity contribution in [2.75, 3.05) is 11.8 Å². The maximum absolute atomic E-state index is 12.9. The maximum Gasteiger partial charge on any atom is 0.329 e. The Morgan fingerprint density at radius 3 is 2.11 bits per heavy atom. The van der Waals surface area contributed by atoms with Crippen LogP contribution in [-0.2, 0) is 23.1 Å². The van der Waals surface area contributed by atoms with Gasteiger partial charge in [-0.25, -0.2) is 13.2 Å². The van der Waals surface area contributed by atoms with Gasteiger partial charge in [0.25, 0.3) is 10.0 Å². The summed E-state index contributed by atoms with van der Waals surface area (Å²) in [5, 5.41) is 0.0546. The van der Waals surface area contributed by atoms with Gasteiger partial charge in [-0.3, -0.25) is 13.9 Å². The Morgan fingerprint density at radius 1 is 1.04 bits per heavy atom. The van der Waals surface area contributed by atoms with Gasteiger partial charge in [-0.2, -0.15) is 0 Å². The normalized spacial score (nSPS) is 11.7. The first-order valence-electron chi connectivity index (χ1n) is 8.41. The van der Waals surface area contributed by atoms with E-state index >= 15 is 0 Å². The molecule has 27 heavy (non-hydrogen) atoms. The van der Waals surface area contributed by atoms with Gasteiger partial charge in [-0.1, -0.05) is 11.6 Å². The van der Waals surface area contributed by atoms with Crippen molar-refractivity contribution in [3.8, 4) is 5.75 Å². The summed E-state index contributed by atoms with van der Waals surface area (Å²) in [6.45, 7) is 4.58. The highest BCUT2D eigenvalue weighted by Crippen LogP contribution is 2.29. The Balaban J connectivity index is 2.11. The Bertz CT molecular complexity index is 1150. The summed E-state index contributed by atoms with van der Waals surface area (Å²) in [6, 6.07) is 9.46. The average molecular weight is 410 g/mol. The van der Waals surface area contributed by atoms with Gasteiger partial charge in [0.1, 0.15) is 10.6 Å². The van der Waals surface area contributed by atoms with Gasteiger partial charge in [0.15, 0.2) is 0 Å². The molecule has 2 aromatic carbocycles. The van der Waals surface area contributed by atoms with Crippen LogP contribution in [0.5, 0.6) is 5.75 Å². The van der Waals surface area contributed by atoms with Crippen molar-refractivity contribution in [3.05, 3.63) is 51.9 Å². The van der Waals surface area contributed by atoms with Crippen LogP contribution < -0.4 is 15.1 Å². The molecule has 0 atom stereocenters. The number of sulfonamides is 1. The van der Waals surface area contributed by atoms with Crippen molar-refractivity contribution in [3.63, 3.8) is 0 Å². The summed E-state index contributed by atoms with van der Waals surface area (Å²) in [4.78, 5) is 12.4. The van der Waals surface area contributed by atoms with E-state index in [-0.39, 0.29) is 15.6 Å². The van der Waals surface area contributed by atoms with Crippen molar-refractivity contribution >= 4 is 38.3 Å². The molecule has 0 saturated heterocycles. The Hall–Kier alpha value is -2.45. The van der Waals surface area contributed by atoms with E-state index in [1.54, 1.807) is 28.8 Å². The van der Waals surface area contributed by atoms with Crippen LogP contribution in [0.25, 0.3) is 11.0 Å². The number of nitrogens with zero attached hydrogens (tertiary/aromatic N) is 2. The predicted molar refractivity (Wildman–Crippen MR) is 106 cm³/mol. The monoisotopic (exact) mass is 409 g/mol. The van der Waals surface area contributed by atoms with Crippen molar-refractivity contribution in [1.82, 2.24) is 9.13 Å². The highest BCUT2D eigenvalue weighted by molar-refractivity contribution is 7.92. The molecule has 1 N–H and O–H groups in total. The number of benzene rings is 2. The molecule has 9 heteroatoms. The summed E-state index contributed by atoms with van der Waals surface area (Å²) in [7, 11) is -2.41. The Morgan fingerprint density at radius 2 is 1.59 bits per heavy atom. The molecule has 0 saturated carbocycles. The minimum atomic E-state index is -3.94. The van der Waals surface area contributed by atoms with Crippen LogP contribution in [0.2, 0.25) is 5.02 Å². The molecule has 0 aliphatic carbocycles. The number of anilines is 1. The second-order valence-electron chi connectivity index (χ2n) is 5.88. The van der Waals surface area contributed by atoms with Crippen molar-refractivity contribution in [1.29, 1.82) is 0 Å². The van der Waals surface area contributed by atoms with Crippen LogP contribution in [0.1, 0.15) is 13.8 Å². The number of rotatable bonds is 6. The number of methoxy groups -OCH3 is 1. The summed E-state index contributed by atoms with van der Waals surface area (Å²) < 4.78 is 36.4. The average Bonchev–Trinajstić information content (AvgIpc) is 2.90. The van der Waals surface area contributed by atoms with E-state index in [1.165, 1.54) is 23.8 Å². The zero-order valence-corrected chi connectivity index (χ0v) is 16.8. The fraction of sp³-hybridized carbons (Fsp3) is 0.278. The standard InChI is InChI=1S/C18H20ClN3O4S/c1-4-21-15-10-14(19)17(11-16(15)22(5-2)18(21)23)27(24,25)20-12-6-8-13(26-3)9-7-12/h6-11,20H,4-5H2,1-3H3. The fourth-order valence-corrected chi connectivity index (χ4v) is 4.60. The first-order valence-corrected chi connectivity index (χ1v) is 10.3. The highest BCUT2D eigenvalue weighted by Gasteiger charge is 2.22. The summed E-state index contributed by atoms with van der Waals surface area (Å²) in [5.74, 6) is 0.616. The molecule has 0 aliphatic heterocycles. The first-order chi connectivity index (χ1) is 12.8. The Labute approximate surface area is 162 Å². The topological polar surface area (TPSA) is 82.3 Å². The summed E-state index contributed by atoms with van der Waals surface area (Å²) >= 11 is 6.27. The van der Waals surface area contributed by atoms with Gasteiger partial charge < -0.3 is 4.74 Å². The lowest BCUT2D eigenvalue weighted by Crippen LogP contribution is -2.23. The third-order valence-electron chi connectivity index (χ3n) is 4.34. The fourth-order valence-electron chi connectivity index (χ4n) is 3.00. The van der Waals surface area contributed by atoms with Crippen LogP contribution in [0.15, 0.2) is 46.1 Å². The number of aromatic nitrogens is 2. The SMILES string of the molecule is CCn1c(=O)n(CC)c2cc(S(=O)(=O)Nc3ccc(OC)cc3)c(Cl)cc21. The molecular weight excluding hydrogens is 390 g/mol. The van der Waals surface area contributed by atoms with E-state index < -0.39 is 10.0 Å². The van der Waals surface area contributed by atoms with E-state index in [2.05, 4.69) is 4.72 Å². The van der Waals surface area contributed by atoms with E-state index in [0.29, 0.717) is 35.6 Å². The van der Waals surface area contributed by atoms with Crippen molar-refractivity contribution in [2.45, 2.75) is 31.8 Å². The molecule has 1 aromatic heterocycles. The van der Waals surface area contributed by atoms with Gasteiger partial charge >= 0.3 is 5.69 Å². The van der Waals surface area contributed by atoms with E-state index in [4.69, 9.17) is 16.3 Å². The molecule has 144 valence electrons. The summed E-state index contributed by atoms with van der Waals surface area (Å²) in [6.07, 6.45) is 0. The number of hydrogen-bond donors (Lipinski definition) is 1. The van der Waals surface area contributed by atoms with Crippen LogP contribution in [0.3, 0.4) is 0 Å². The third-order valence-corrected chi connectivity index (χ3v) is 6.18. The third kappa shape index (κ3) is 3.42. The van der Waals surface area contributed by atoms with Gasteiger partial charge in [0, 0.05) is 18.8 Å². The lowest BCUT2D eigenvalue weighted by molar-refractivity contribution is 0.415. The molecule has 0 amide bonds. The number of nitrogens with one attached hydrogen (secondary N) is 1. The lowest BCUT2D eigenvalue weighted by Gasteiger charge is -2.11. The van der Waals surface area contributed by atoms with Crippen LogP contribution in [0.4, 0.5) is 5.69 Å². The number of ether oxygens (including phenoxy) is 1. The minimum absolute atomic E-state index is 0.0546. The van der Waals surface area contributed by atoms with Crippen molar-refractivity contribution < 1.29 is 13.2 Å². The molecule has 0 spiro atoms. The molecule has 0 unspecified atom stereocenters. The zero-order chi connectivity index (χ0) is 19.8. The van der Waals surface area contributed by atoms with Gasteiger partial charge in [-0.05, 0) is 50.2 Å². The quantitative estimate of drug-likeness (QED) is 0.677. The lowest BCUT2D eigenvalue weighted by atomic mass is 10.3. The molecule has 0 bridgehead atoms. The Kier molecular flexibility index (Phi) is 5.21. The van der Waals surface area contributed by atoms with Crippen molar-refractivity contribution in [2.24, 2.45) is 0 Å². The van der Waals surface area contributed by atoms with Gasteiger partial charge in [-0.15, -0.1) is 0 Å². The molecule has 0 fully saturated rings. The van der Waals surface area contributed by atoms with E-state index in [9.17, 15) is 13.2 Å². The molecule has 0 radical (unpaired) electrons. The number of imidazole rings is 1. The van der Waals surface area contributed by atoms with Gasteiger partial charge in [0.2, 0.25) is 0 Å². The van der Waals surface area contributed by atoms with E-state index in [0.717, 1.165) is 0 Å². The largest absolute Gasteiger partial charge is 0.497 e. The second kappa shape index (κ2) is 7.28.